The minimum absolute atomic E-state index is 0.434. The van der Waals surface area contributed by atoms with E-state index in [9.17, 15) is 4.79 Å². The molecule has 1 amide bonds. The zero-order valence-corrected chi connectivity index (χ0v) is 7.94. The molecule has 1 aromatic rings. The molecular formula is C6H7N3OS2. The van der Waals surface area contributed by atoms with Gasteiger partial charge in [0.05, 0.1) is 5.69 Å². The molecule has 0 atom stereocenters. The van der Waals surface area contributed by atoms with Crippen molar-refractivity contribution in [1.82, 2.24) is 9.97 Å². The normalized spacial score (nSPS) is 9.42. The predicted octanol–water partition coefficient (Wildman–Crippen LogP) is 1.68. The zero-order chi connectivity index (χ0) is 9.14. The highest BCUT2D eigenvalue weighted by Gasteiger charge is 1.98. The molecule has 1 aromatic heterocycles. The molecule has 0 aliphatic rings. The Kier molecular flexibility index (Phi) is 2.72. The summed E-state index contributed by atoms with van der Waals surface area (Å²) in [6.07, 6.45) is 0.572. The number of aryl methyl sites for hydroxylation is 1. The molecule has 0 bridgehead atoms. The fourth-order valence-corrected chi connectivity index (χ4v) is 1.47. The molecule has 0 aliphatic heterocycles. The van der Waals surface area contributed by atoms with E-state index in [0.29, 0.717) is 21.5 Å². The largest absolute Gasteiger partial charge is 0.334 e. The maximum absolute atomic E-state index is 10.2. The summed E-state index contributed by atoms with van der Waals surface area (Å²) < 4.78 is 0.886. The van der Waals surface area contributed by atoms with Gasteiger partial charge in [-0.1, -0.05) is 12.2 Å². The number of hydrogen-bond acceptors (Lipinski definition) is 3. The van der Waals surface area contributed by atoms with Crippen LogP contribution < -0.4 is 5.32 Å². The first-order valence-corrected chi connectivity index (χ1v) is 4.00. The molecule has 0 aromatic carbocycles. The summed E-state index contributed by atoms with van der Waals surface area (Å²) in [6, 6.07) is 0. The minimum Gasteiger partial charge on any atom is -0.334 e. The van der Waals surface area contributed by atoms with Crippen molar-refractivity contribution in [2.75, 3.05) is 5.32 Å². The minimum atomic E-state index is 0.434. The van der Waals surface area contributed by atoms with E-state index in [1.807, 2.05) is 0 Å². The number of aromatic amines is 2. The number of rotatable bonds is 2. The molecule has 4 nitrogen and oxygen atoms in total. The van der Waals surface area contributed by atoms with Gasteiger partial charge in [-0.3, -0.25) is 4.79 Å². The van der Waals surface area contributed by atoms with Gasteiger partial charge in [0.2, 0.25) is 6.41 Å². The van der Waals surface area contributed by atoms with Crippen LogP contribution in [-0.4, -0.2) is 16.4 Å². The third-order valence-corrected chi connectivity index (χ3v) is 1.84. The van der Waals surface area contributed by atoms with E-state index < -0.39 is 0 Å². The van der Waals surface area contributed by atoms with E-state index in [0.717, 1.165) is 5.69 Å². The van der Waals surface area contributed by atoms with Crippen LogP contribution in [-0.2, 0) is 4.79 Å². The standard InChI is InChI=1S/C6H7N3OS2/c1-3-4(7-2-10)5(11)9-6(12)8-3/h2H,1H3,(H,7,10)(H2,8,9,11,12). The smallest absolute Gasteiger partial charge is 0.211 e. The summed E-state index contributed by atoms with van der Waals surface area (Å²) in [6.45, 7) is 1.78. The lowest BCUT2D eigenvalue weighted by molar-refractivity contribution is -0.105. The maximum atomic E-state index is 10.2. The highest BCUT2D eigenvalue weighted by molar-refractivity contribution is 7.72. The average Bonchev–Trinajstić information content (AvgIpc) is 1.96. The van der Waals surface area contributed by atoms with E-state index >= 15 is 0 Å². The van der Waals surface area contributed by atoms with Crippen molar-refractivity contribution in [2.24, 2.45) is 0 Å². The number of nitrogens with one attached hydrogen (secondary N) is 3. The Hall–Kier alpha value is -1.01. The van der Waals surface area contributed by atoms with E-state index in [2.05, 4.69) is 15.3 Å². The van der Waals surface area contributed by atoms with E-state index in [1.165, 1.54) is 0 Å². The first-order valence-electron chi connectivity index (χ1n) is 3.18. The van der Waals surface area contributed by atoms with Crippen molar-refractivity contribution in [3.63, 3.8) is 0 Å². The van der Waals surface area contributed by atoms with Gasteiger partial charge in [-0.2, -0.15) is 0 Å². The lowest BCUT2D eigenvalue weighted by atomic mass is 10.4. The van der Waals surface area contributed by atoms with Gasteiger partial charge in [0, 0.05) is 5.69 Å². The van der Waals surface area contributed by atoms with Crippen molar-refractivity contribution in [3.8, 4) is 0 Å². The van der Waals surface area contributed by atoms with Crippen molar-refractivity contribution in [2.45, 2.75) is 6.92 Å². The van der Waals surface area contributed by atoms with Gasteiger partial charge in [-0.05, 0) is 19.1 Å². The predicted molar refractivity (Wildman–Crippen MR) is 51.2 cm³/mol. The molecule has 0 radical (unpaired) electrons. The van der Waals surface area contributed by atoms with Crippen LogP contribution in [0.5, 0.6) is 0 Å². The Labute approximate surface area is 79.0 Å². The van der Waals surface area contributed by atoms with Crippen molar-refractivity contribution in [3.05, 3.63) is 15.1 Å². The van der Waals surface area contributed by atoms with Gasteiger partial charge < -0.3 is 15.3 Å². The molecule has 0 fully saturated rings. The van der Waals surface area contributed by atoms with Crippen molar-refractivity contribution < 1.29 is 4.79 Å². The first-order chi connectivity index (χ1) is 5.65. The Morgan fingerprint density at radius 2 is 2.08 bits per heavy atom. The van der Waals surface area contributed by atoms with Gasteiger partial charge in [0.15, 0.2) is 4.77 Å². The zero-order valence-electron chi connectivity index (χ0n) is 6.30. The van der Waals surface area contributed by atoms with Crippen LogP contribution in [0, 0.1) is 16.3 Å². The van der Waals surface area contributed by atoms with Crippen LogP contribution in [0.4, 0.5) is 5.69 Å². The molecule has 0 unspecified atom stereocenters. The Morgan fingerprint density at radius 1 is 1.42 bits per heavy atom. The lowest BCUT2D eigenvalue weighted by Crippen LogP contribution is -2.01. The summed E-state index contributed by atoms with van der Waals surface area (Å²) >= 11 is 9.77. The summed E-state index contributed by atoms with van der Waals surface area (Å²) in [5.41, 5.74) is 1.31. The van der Waals surface area contributed by atoms with Crippen LogP contribution in [0.15, 0.2) is 0 Å². The number of hydrogen-bond donors (Lipinski definition) is 3. The summed E-state index contributed by atoms with van der Waals surface area (Å²) in [5, 5.41) is 2.48. The number of carbonyl (C=O) groups excluding carboxylic acids is 1. The second-order valence-corrected chi connectivity index (χ2v) is 2.99. The maximum Gasteiger partial charge on any atom is 0.211 e. The molecule has 0 saturated heterocycles. The Balaban J connectivity index is 3.38. The molecule has 0 aliphatic carbocycles. The van der Waals surface area contributed by atoms with Crippen LogP contribution in [0.1, 0.15) is 5.69 Å². The number of amides is 1. The Morgan fingerprint density at radius 3 is 2.58 bits per heavy atom. The second kappa shape index (κ2) is 3.59. The van der Waals surface area contributed by atoms with Crippen LogP contribution >= 0.6 is 24.4 Å². The highest BCUT2D eigenvalue weighted by atomic mass is 32.1. The fourth-order valence-electron chi connectivity index (χ4n) is 0.833. The molecule has 0 spiro atoms. The van der Waals surface area contributed by atoms with E-state index in [1.54, 1.807) is 6.92 Å². The van der Waals surface area contributed by atoms with Crippen molar-refractivity contribution in [1.29, 1.82) is 0 Å². The summed E-state index contributed by atoms with van der Waals surface area (Å²) in [7, 11) is 0. The first kappa shape index (κ1) is 9.08. The molecule has 0 saturated carbocycles. The molecular weight excluding hydrogens is 194 g/mol. The number of H-pyrrole nitrogens is 2. The number of aromatic nitrogens is 2. The Bertz CT molecular complexity index is 406. The topological polar surface area (TPSA) is 60.7 Å². The molecule has 3 N–H and O–H groups in total. The van der Waals surface area contributed by atoms with Gasteiger partial charge in [0.25, 0.3) is 0 Å². The third kappa shape index (κ3) is 1.77. The average molecular weight is 201 g/mol. The second-order valence-electron chi connectivity index (χ2n) is 2.17. The lowest BCUT2D eigenvalue weighted by Gasteiger charge is -2.02. The molecule has 64 valence electrons. The molecule has 1 heterocycles. The number of anilines is 1. The van der Waals surface area contributed by atoms with Gasteiger partial charge in [-0.25, -0.2) is 0 Å². The SMILES string of the molecule is Cc1[nH]c(=S)[nH]c(=S)c1NC=O. The quantitative estimate of drug-likeness (QED) is 0.504. The molecule has 1 rings (SSSR count). The fraction of sp³-hybridized carbons (Fsp3) is 0.167. The van der Waals surface area contributed by atoms with Gasteiger partial charge in [0.1, 0.15) is 4.64 Å². The van der Waals surface area contributed by atoms with Crippen LogP contribution in [0.3, 0.4) is 0 Å². The van der Waals surface area contributed by atoms with Crippen molar-refractivity contribution >= 4 is 36.5 Å². The van der Waals surface area contributed by atoms with Crippen LogP contribution in [0.2, 0.25) is 0 Å². The summed E-state index contributed by atoms with van der Waals surface area (Å²) in [5.74, 6) is 0. The molecule has 6 heteroatoms. The highest BCUT2D eigenvalue weighted by Crippen LogP contribution is 2.10. The monoisotopic (exact) mass is 201 g/mol. The van der Waals surface area contributed by atoms with Gasteiger partial charge >= 0.3 is 0 Å². The van der Waals surface area contributed by atoms with Crippen LogP contribution in [0.25, 0.3) is 0 Å². The molecule has 12 heavy (non-hydrogen) atoms. The third-order valence-electron chi connectivity index (χ3n) is 1.33. The summed E-state index contributed by atoms with van der Waals surface area (Å²) in [4.78, 5) is 15.7. The van der Waals surface area contributed by atoms with Gasteiger partial charge in [-0.15, -0.1) is 0 Å². The number of carbonyl (C=O) groups is 1. The van der Waals surface area contributed by atoms with E-state index in [4.69, 9.17) is 24.4 Å². The van der Waals surface area contributed by atoms with E-state index in [-0.39, 0.29) is 0 Å².